The molecule has 1 aliphatic rings. The van der Waals surface area contributed by atoms with Crippen LogP contribution in [0.2, 0.25) is 0 Å². The number of benzene rings is 1. The van der Waals surface area contributed by atoms with Gasteiger partial charge in [-0.15, -0.1) is 0 Å². The van der Waals surface area contributed by atoms with Crippen molar-refractivity contribution < 1.29 is 17.6 Å². The third-order valence-electron chi connectivity index (χ3n) is 2.26. The van der Waals surface area contributed by atoms with Gasteiger partial charge in [-0.25, -0.2) is 0 Å². The first-order valence-electron chi connectivity index (χ1n) is 4.21. The summed E-state index contributed by atoms with van der Waals surface area (Å²) in [4.78, 5) is 0. The summed E-state index contributed by atoms with van der Waals surface area (Å²) in [5, 5.41) is 0. The highest BCUT2D eigenvalue weighted by Crippen LogP contribution is 2.52. The van der Waals surface area contributed by atoms with Crippen LogP contribution in [-0.2, 0) is 9.85 Å². The van der Waals surface area contributed by atoms with Gasteiger partial charge in [-0.1, -0.05) is 24.3 Å². The van der Waals surface area contributed by atoms with E-state index in [1.54, 1.807) is 0 Å². The van der Waals surface area contributed by atoms with Crippen molar-refractivity contribution >= 4 is 24.2 Å². The molecule has 15 heavy (non-hydrogen) atoms. The van der Waals surface area contributed by atoms with Crippen molar-refractivity contribution in [2.24, 2.45) is 0 Å². The van der Waals surface area contributed by atoms with E-state index in [2.05, 4.69) is 0 Å². The van der Waals surface area contributed by atoms with Gasteiger partial charge < -0.3 is 0 Å². The highest BCUT2D eigenvalue weighted by atomic mass is 127. The van der Waals surface area contributed by atoms with Gasteiger partial charge in [0.1, 0.15) is 0 Å². The lowest BCUT2D eigenvalue weighted by Crippen LogP contribution is -2.30. The van der Waals surface area contributed by atoms with Crippen LogP contribution in [0.25, 0.3) is 0 Å². The number of rotatable bonds is 0. The summed E-state index contributed by atoms with van der Waals surface area (Å²) < 4.78 is 50.7. The van der Waals surface area contributed by atoms with Crippen LogP contribution < -0.4 is 0 Å². The maximum Gasteiger partial charge on any atom is 0.317 e. The van der Waals surface area contributed by atoms with E-state index in [1.165, 1.54) is 12.1 Å². The standard InChI is InChI=1S/C10H7F4I/c1-6-9(11,12)7-4-2-3-5-8(7)10(13,14)15-6/h2-5H,1H3. The van der Waals surface area contributed by atoms with Crippen LogP contribution in [0.15, 0.2) is 24.3 Å². The van der Waals surface area contributed by atoms with Crippen LogP contribution in [0.3, 0.4) is 0 Å². The van der Waals surface area contributed by atoms with Gasteiger partial charge in [0.15, 0.2) is 0 Å². The summed E-state index contributed by atoms with van der Waals surface area (Å²) in [5.74, 6) is -3.19. The molecule has 0 saturated carbocycles. The third kappa shape index (κ3) is 1.60. The molecule has 82 valence electrons. The Bertz CT molecular complexity index is 437. The highest BCUT2D eigenvalue weighted by Gasteiger charge is 2.48. The molecule has 0 amide bonds. The maximum absolute atomic E-state index is 13.6. The first kappa shape index (κ1) is 11.0. The third-order valence-corrected chi connectivity index (χ3v) is 5.01. The average molecular weight is 330 g/mol. The van der Waals surface area contributed by atoms with Crippen molar-refractivity contribution in [2.45, 2.75) is 16.8 Å². The van der Waals surface area contributed by atoms with Gasteiger partial charge in [-0.05, 0) is 27.7 Å². The van der Waals surface area contributed by atoms with Crippen molar-refractivity contribution in [3.63, 3.8) is 0 Å². The predicted octanol–water partition coefficient (Wildman–Crippen LogP) is 4.00. The largest absolute Gasteiger partial charge is 0.317 e. The lowest BCUT2D eigenvalue weighted by Gasteiger charge is -2.28. The molecule has 0 saturated heterocycles. The zero-order valence-electron chi connectivity index (χ0n) is 7.70. The number of fused-ring (bicyclic) bond motifs is 1. The molecule has 5 heteroatoms. The SMILES string of the molecule is CC1=IC(F)(F)c2ccccc2C1(F)F. The van der Waals surface area contributed by atoms with Gasteiger partial charge in [0.25, 0.3) is 5.92 Å². The Morgan fingerprint density at radius 1 is 1.00 bits per heavy atom. The van der Waals surface area contributed by atoms with Crippen LogP contribution in [0.4, 0.5) is 17.6 Å². The van der Waals surface area contributed by atoms with Crippen molar-refractivity contribution in [1.29, 1.82) is 0 Å². The Kier molecular flexibility index (Phi) is 2.40. The number of alkyl halides is 5. The topological polar surface area (TPSA) is 0 Å². The zero-order chi connectivity index (χ0) is 11.3. The lowest BCUT2D eigenvalue weighted by molar-refractivity contribution is 0.0637. The number of hydrogen-bond acceptors (Lipinski definition) is 0. The molecule has 0 aromatic heterocycles. The zero-order valence-corrected chi connectivity index (χ0v) is 9.86. The van der Waals surface area contributed by atoms with E-state index in [-0.39, 0.29) is 3.51 Å². The summed E-state index contributed by atoms with van der Waals surface area (Å²) >= 11 is -1.94. The van der Waals surface area contributed by atoms with Gasteiger partial charge in [0.05, 0.1) is 0 Å². The molecule has 0 nitrogen and oxygen atoms in total. The minimum Gasteiger partial charge on any atom is -0.196 e. The normalized spacial score (nSPS) is 22.3. The molecule has 0 spiro atoms. The fourth-order valence-electron chi connectivity index (χ4n) is 1.48. The Hall–Kier alpha value is -0.460. The molecule has 0 radical (unpaired) electrons. The van der Waals surface area contributed by atoms with Gasteiger partial charge in [-0.2, -0.15) is 17.6 Å². The summed E-state index contributed by atoms with van der Waals surface area (Å²) in [7, 11) is 0. The number of halogens is 5. The van der Waals surface area contributed by atoms with E-state index in [1.807, 2.05) is 0 Å². The minimum atomic E-state index is -3.19. The molecular formula is C10H7F4I. The highest BCUT2D eigenvalue weighted by molar-refractivity contribution is 14.2. The molecule has 1 aromatic carbocycles. The van der Waals surface area contributed by atoms with Crippen molar-refractivity contribution in [2.75, 3.05) is 0 Å². The van der Waals surface area contributed by atoms with E-state index in [9.17, 15) is 17.6 Å². The van der Waals surface area contributed by atoms with Crippen molar-refractivity contribution in [1.82, 2.24) is 0 Å². The maximum atomic E-state index is 13.6. The summed E-state index contributed by atoms with van der Waals surface area (Å²) in [5.41, 5.74) is -1.05. The molecule has 0 aliphatic carbocycles. The van der Waals surface area contributed by atoms with E-state index in [4.69, 9.17) is 0 Å². The molecule has 2 rings (SSSR count). The summed E-state index contributed by atoms with van der Waals surface area (Å²) in [6.07, 6.45) is 0. The van der Waals surface area contributed by atoms with Crippen LogP contribution >= 0.6 is 20.7 Å². The molecule has 1 heterocycles. The molecule has 0 bridgehead atoms. The Morgan fingerprint density at radius 3 is 2.13 bits per heavy atom. The second-order valence-electron chi connectivity index (χ2n) is 3.25. The predicted molar refractivity (Wildman–Crippen MR) is 58.9 cm³/mol. The van der Waals surface area contributed by atoms with E-state index >= 15 is 0 Å². The minimum absolute atomic E-state index is 0.370. The molecule has 0 atom stereocenters. The summed E-state index contributed by atoms with van der Waals surface area (Å²) in [6, 6.07) is 4.90. The Labute approximate surface area is 94.0 Å². The Balaban J connectivity index is 2.73. The van der Waals surface area contributed by atoms with E-state index in [0.717, 1.165) is 19.1 Å². The second kappa shape index (κ2) is 3.26. The second-order valence-corrected chi connectivity index (χ2v) is 6.76. The molecule has 1 aromatic rings. The van der Waals surface area contributed by atoms with Crippen molar-refractivity contribution in [3.8, 4) is 0 Å². The lowest BCUT2D eigenvalue weighted by atomic mass is 10.00. The fraction of sp³-hybridized carbons (Fsp3) is 0.300. The average Bonchev–Trinajstić information content (AvgIpc) is 2.15. The van der Waals surface area contributed by atoms with E-state index in [0.29, 0.717) is 0 Å². The molecule has 0 N–H and O–H groups in total. The Morgan fingerprint density at radius 2 is 1.53 bits per heavy atom. The van der Waals surface area contributed by atoms with Crippen LogP contribution in [0.1, 0.15) is 18.1 Å². The van der Waals surface area contributed by atoms with Gasteiger partial charge in [-0.3, -0.25) is 0 Å². The fourth-order valence-corrected chi connectivity index (χ4v) is 3.88. The van der Waals surface area contributed by atoms with E-state index < -0.39 is 41.7 Å². The van der Waals surface area contributed by atoms with Crippen LogP contribution in [0.5, 0.6) is 0 Å². The number of hydrogen-bond donors (Lipinski definition) is 0. The monoisotopic (exact) mass is 330 g/mol. The smallest absolute Gasteiger partial charge is 0.196 e. The quantitative estimate of drug-likeness (QED) is 0.383. The first-order chi connectivity index (χ1) is 6.86. The summed E-state index contributed by atoms with van der Waals surface area (Å²) in [6.45, 7) is 1.12. The molecule has 0 unspecified atom stereocenters. The first-order valence-corrected chi connectivity index (χ1v) is 6.37. The van der Waals surface area contributed by atoms with Crippen LogP contribution in [0, 0.1) is 0 Å². The van der Waals surface area contributed by atoms with Crippen molar-refractivity contribution in [3.05, 3.63) is 35.4 Å². The van der Waals surface area contributed by atoms with Gasteiger partial charge in [0.2, 0.25) is 0 Å². The van der Waals surface area contributed by atoms with Crippen LogP contribution in [-0.4, -0.2) is 3.51 Å². The molecule has 1 aliphatic heterocycles. The molecule has 0 fully saturated rings. The van der Waals surface area contributed by atoms with Gasteiger partial charge in [0, 0.05) is 14.6 Å². The molecular weight excluding hydrogens is 323 g/mol. The van der Waals surface area contributed by atoms with Gasteiger partial charge >= 0.3 is 3.93 Å².